The van der Waals surface area contributed by atoms with Crippen LogP contribution in [0.25, 0.3) is 0 Å². The lowest BCUT2D eigenvalue weighted by Crippen LogP contribution is -2.30. The molecule has 0 aliphatic rings. The molecular formula is C16H27N5. The first kappa shape index (κ1) is 17.2. The first-order valence-corrected chi connectivity index (χ1v) is 7.70. The van der Waals surface area contributed by atoms with Gasteiger partial charge in [0.15, 0.2) is 0 Å². The molecule has 0 saturated heterocycles. The van der Waals surface area contributed by atoms with Crippen LogP contribution < -0.4 is 10.2 Å². The molecule has 0 radical (unpaired) electrons. The summed E-state index contributed by atoms with van der Waals surface area (Å²) in [5, 5.41) is 12.2. The number of aryl methyl sites for hydroxylation is 1. The molecule has 1 heterocycles. The SMILES string of the molecule is CCCNc1nc(C)nc(N(CCC#N)CC(C)C)c1C. The Balaban J connectivity index is 3.10. The molecule has 5 heteroatoms. The highest BCUT2D eigenvalue weighted by atomic mass is 15.2. The number of nitrogens with one attached hydrogen (secondary N) is 1. The van der Waals surface area contributed by atoms with Gasteiger partial charge in [-0.2, -0.15) is 5.26 Å². The van der Waals surface area contributed by atoms with Gasteiger partial charge < -0.3 is 10.2 Å². The molecule has 0 saturated carbocycles. The second-order valence-corrected chi connectivity index (χ2v) is 5.74. The molecule has 21 heavy (non-hydrogen) atoms. The normalized spacial score (nSPS) is 10.5. The van der Waals surface area contributed by atoms with Crippen LogP contribution in [0.4, 0.5) is 11.6 Å². The first-order chi connectivity index (χ1) is 9.99. The second-order valence-electron chi connectivity index (χ2n) is 5.74. The van der Waals surface area contributed by atoms with Crippen molar-refractivity contribution in [1.82, 2.24) is 9.97 Å². The molecule has 0 unspecified atom stereocenters. The van der Waals surface area contributed by atoms with Crippen molar-refractivity contribution in [3.8, 4) is 6.07 Å². The number of aromatic nitrogens is 2. The zero-order valence-corrected chi connectivity index (χ0v) is 13.9. The number of nitriles is 1. The van der Waals surface area contributed by atoms with Crippen LogP contribution in [0.15, 0.2) is 0 Å². The molecule has 1 aromatic rings. The van der Waals surface area contributed by atoms with Crippen LogP contribution in [0, 0.1) is 31.1 Å². The highest BCUT2D eigenvalue weighted by Gasteiger charge is 2.16. The summed E-state index contributed by atoms with van der Waals surface area (Å²) in [6.07, 6.45) is 1.56. The van der Waals surface area contributed by atoms with Gasteiger partial charge in [-0.15, -0.1) is 0 Å². The van der Waals surface area contributed by atoms with Gasteiger partial charge in [0.2, 0.25) is 0 Å². The number of nitrogens with zero attached hydrogens (tertiary/aromatic N) is 4. The fraction of sp³-hybridized carbons (Fsp3) is 0.688. The lowest BCUT2D eigenvalue weighted by atomic mass is 10.2. The molecule has 0 amide bonds. The molecule has 1 rings (SSSR count). The van der Waals surface area contributed by atoms with Gasteiger partial charge in [0, 0.05) is 25.2 Å². The van der Waals surface area contributed by atoms with Gasteiger partial charge in [-0.05, 0) is 26.2 Å². The van der Waals surface area contributed by atoms with E-state index in [0.29, 0.717) is 18.9 Å². The summed E-state index contributed by atoms with van der Waals surface area (Å²) in [5.74, 6) is 3.14. The van der Waals surface area contributed by atoms with Gasteiger partial charge in [0.1, 0.15) is 17.5 Å². The van der Waals surface area contributed by atoms with Crippen molar-refractivity contribution in [3.63, 3.8) is 0 Å². The van der Waals surface area contributed by atoms with Gasteiger partial charge in [0.05, 0.1) is 12.5 Å². The van der Waals surface area contributed by atoms with Crippen molar-refractivity contribution in [3.05, 3.63) is 11.4 Å². The predicted octanol–water partition coefficient (Wildman–Crippen LogP) is 3.29. The van der Waals surface area contributed by atoms with Crippen molar-refractivity contribution in [1.29, 1.82) is 5.26 Å². The van der Waals surface area contributed by atoms with Crippen molar-refractivity contribution >= 4 is 11.6 Å². The van der Waals surface area contributed by atoms with Crippen LogP contribution in [0.2, 0.25) is 0 Å². The number of hydrogen-bond donors (Lipinski definition) is 1. The molecule has 116 valence electrons. The molecule has 0 fully saturated rings. The Hall–Kier alpha value is -1.83. The molecule has 0 spiro atoms. The van der Waals surface area contributed by atoms with E-state index in [2.05, 4.69) is 47.0 Å². The largest absolute Gasteiger partial charge is 0.370 e. The highest BCUT2D eigenvalue weighted by molar-refractivity contribution is 5.58. The summed E-state index contributed by atoms with van der Waals surface area (Å²) in [5.41, 5.74) is 1.06. The lowest BCUT2D eigenvalue weighted by molar-refractivity contribution is 0.605. The van der Waals surface area contributed by atoms with Crippen molar-refractivity contribution in [2.24, 2.45) is 5.92 Å². The zero-order chi connectivity index (χ0) is 15.8. The van der Waals surface area contributed by atoms with Gasteiger partial charge in [-0.1, -0.05) is 20.8 Å². The summed E-state index contributed by atoms with van der Waals surface area (Å²) >= 11 is 0. The van der Waals surface area contributed by atoms with Gasteiger partial charge in [-0.3, -0.25) is 0 Å². The summed E-state index contributed by atoms with van der Waals surface area (Å²) in [4.78, 5) is 11.3. The lowest BCUT2D eigenvalue weighted by Gasteiger charge is -2.27. The fourth-order valence-electron chi connectivity index (χ4n) is 2.25. The third-order valence-electron chi connectivity index (χ3n) is 3.15. The summed E-state index contributed by atoms with van der Waals surface area (Å²) in [6, 6.07) is 2.22. The molecule has 0 aliphatic heterocycles. The molecule has 0 aromatic carbocycles. The Bertz CT molecular complexity index is 490. The molecule has 1 aromatic heterocycles. The number of hydrogen-bond acceptors (Lipinski definition) is 5. The molecular weight excluding hydrogens is 262 g/mol. The maximum absolute atomic E-state index is 8.87. The third-order valence-corrected chi connectivity index (χ3v) is 3.15. The van der Waals surface area contributed by atoms with E-state index in [1.165, 1.54) is 0 Å². The second kappa shape index (κ2) is 8.46. The standard InChI is InChI=1S/C16H27N5/c1-6-9-18-15-13(4)16(20-14(5)19-15)21(10-7-8-17)11-12(2)3/h12H,6-7,9-11H2,1-5H3,(H,18,19,20). The molecule has 1 N–H and O–H groups in total. The maximum Gasteiger partial charge on any atom is 0.137 e. The highest BCUT2D eigenvalue weighted by Crippen LogP contribution is 2.24. The van der Waals surface area contributed by atoms with Crippen LogP contribution in [0.3, 0.4) is 0 Å². The zero-order valence-electron chi connectivity index (χ0n) is 13.9. The van der Waals surface area contributed by atoms with E-state index in [1.54, 1.807) is 0 Å². The average Bonchev–Trinajstić information content (AvgIpc) is 2.43. The Kier molecular flexibility index (Phi) is 6.93. The van der Waals surface area contributed by atoms with E-state index in [4.69, 9.17) is 5.26 Å². The van der Waals surface area contributed by atoms with E-state index in [1.807, 2.05) is 13.8 Å². The van der Waals surface area contributed by atoms with Crippen LogP contribution in [0.5, 0.6) is 0 Å². The summed E-state index contributed by atoms with van der Waals surface area (Å²) in [6.45, 7) is 13.0. The maximum atomic E-state index is 8.87. The van der Waals surface area contributed by atoms with E-state index < -0.39 is 0 Å². The molecule has 0 bridgehead atoms. The fourth-order valence-corrected chi connectivity index (χ4v) is 2.25. The quantitative estimate of drug-likeness (QED) is 0.795. The Labute approximate surface area is 128 Å². The number of rotatable bonds is 8. The minimum absolute atomic E-state index is 0.507. The first-order valence-electron chi connectivity index (χ1n) is 7.70. The van der Waals surface area contributed by atoms with Gasteiger partial charge in [-0.25, -0.2) is 9.97 Å². The summed E-state index contributed by atoms with van der Waals surface area (Å²) < 4.78 is 0. The van der Waals surface area contributed by atoms with Gasteiger partial charge >= 0.3 is 0 Å². The molecule has 0 atom stereocenters. The van der Waals surface area contributed by atoms with E-state index >= 15 is 0 Å². The van der Waals surface area contributed by atoms with E-state index in [9.17, 15) is 0 Å². The van der Waals surface area contributed by atoms with Crippen molar-refractivity contribution in [2.45, 2.75) is 47.5 Å². The monoisotopic (exact) mass is 289 g/mol. The van der Waals surface area contributed by atoms with E-state index in [-0.39, 0.29) is 0 Å². The number of anilines is 2. The molecule has 5 nitrogen and oxygen atoms in total. The van der Waals surface area contributed by atoms with Crippen LogP contribution >= 0.6 is 0 Å². The minimum atomic E-state index is 0.507. The van der Waals surface area contributed by atoms with Crippen LogP contribution in [0.1, 0.15) is 45.0 Å². The van der Waals surface area contributed by atoms with Crippen molar-refractivity contribution < 1.29 is 0 Å². The van der Waals surface area contributed by atoms with Crippen LogP contribution in [-0.4, -0.2) is 29.6 Å². The topological polar surface area (TPSA) is 64.8 Å². The smallest absolute Gasteiger partial charge is 0.137 e. The average molecular weight is 289 g/mol. The molecule has 0 aliphatic carbocycles. The van der Waals surface area contributed by atoms with Gasteiger partial charge in [0.25, 0.3) is 0 Å². The summed E-state index contributed by atoms with van der Waals surface area (Å²) in [7, 11) is 0. The van der Waals surface area contributed by atoms with Crippen LogP contribution in [-0.2, 0) is 0 Å². The minimum Gasteiger partial charge on any atom is -0.370 e. The Morgan fingerprint density at radius 1 is 1.29 bits per heavy atom. The van der Waals surface area contributed by atoms with E-state index in [0.717, 1.165) is 42.5 Å². The van der Waals surface area contributed by atoms with Crippen molar-refractivity contribution in [2.75, 3.05) is 29.9 Å². The predicted molar refractivity (Wildman–Crippen MR) is 87.6 cm³/mol. The Morgan fingerprint density at radius 2 is 2.00 bits per heavy atom. The third kappa shape index (κ3) is 5.22. The Morgan fingerprint density at radius 3 is 2.57 bits per heavy atom.